The number of carbonyl (C=O) groups is 1. The van der Waals surface area contributed by atoms with E-state index in [2.05, 4.69) is 29.1 Å². The van der Waals surface area contributed by atoms with Crippen LogP contribution in [-0.2, 0) is 4.74 Å². The van der Waals surface area contributed by atoms with Crippen molar-refractivity contribution >= 4 is 5.91 Å². The highest BCUT2D eigenvalue weighted by molar-refractivity contribution is 5.91. The zero-order valence-electron chi connectivity index (χ0n) is 10.8. The molecule has 1 aliphatic rings. The SMILES string of the molecule is CC(C)[C@H]1OCC[C@@H]1CNC(=O)c1cnccn1. The Morgan fingerprint density at radius 1 is 1.56 bits per heavy atom. The van der Waals surface area contributed by atoms with Gasteiger partial charge in [0.25, 0.3) is 5.91 Å². The second-order valence-electron chi connectivity index (χ2n) is 4.93. The van der Waals surface area contributed by atoms with E-state index in [1.165, 1.54) is 12.4 Å². The van der Waals surface area contributed by atoms with Crippen molar-refractivity contribution in [2.75, 3.05) is 13.2 Å². The van der Waals surface area contributed by atoms with E-state index in [1.807, 2.05) is 0 Å². The van der Waals surface area contributed by atoms with Gasteiger partial charge in [0.05, 0.1) is 12.3 Å². The van der Waals surface area contributed by atoms with Crippen LogP contribution in [0.3, 0.4) is 0 Å². The summed E-state index contributed by atoms with van der Waals surface area (Å²) >= 11 is 0. The molecule has 1 aromatic rings. The Morgan fingerprint density at radius 3 is 3.06 bits per heavy atom. The summed E-state index contributed by atoms with van der Waals surface area (Å²) in [6, 6.07) is 0. The first-order valence-corrected chi connectivity index (χ1v) is 6.34. The van der Waals surface area contributed by atoms with Gasteiger partial charge in [0.2, 0.25) is 0 Å². The Labute approximate surface area is 107 Å². The monoisotopic (exact) mass is 249 g/mol. The zero-order valence-corrected chi connectivity index (χ0v) is 10.8. The molecule has 5 heteroatoms. The van der Waals surface area contributed by atoms with E-state index >= 15 is 0 Å². The summed E-state index contributed by atoms with van der Waals surface area (Å²) in [5.41, 5.74) is 0.359. The fraction of sp³-hybridized carbons (Fsp3) is 0.615. The summed E-state index contributed by atoms with van der Waals surface area (Å²) in [7, 11) is 0. The lowest BCUT2D eigenvalue weighted by atomic mass is 9.93. The Balaban J connectivity index is 1.86. The van der Waals surface area contributed by atoms with E-state index in [-0.39, 0.29) is 12.0 Å². The van der Waals surface area contributed by atoms with Crippen LogP contribution in [0, 0.1) is 11.8 Å². The van der Waals surface area contributed by atoms with Crippen LogP contribution in [0.25, 0.3) is 0 Å². The lowest BCUT2D eigenvalue weighted by Crippen LogP contribution is -2.35. The summed E-state index contributed by atoms with van der Waals surface area (Å²) in [6.07, 6.45) is 5.79. The standard InChI is InChI=1S/C13H19N3O2/c1-9(2)12-10(3-6-18-12)7-16-13(17)11-8-14-4-5-15-11/h4-5,8-10,12H,3,6-7H2,1-2H3,(H,16,17)/t10-,12-/m1/s1. The van der Waals surface area contributed by atoms with Crippen LogP contribution >= 0.6 is 0 Å². The van der Waals surface area contributed by atoms with Gasteiger partial charge in [-0.1, -0.05) is 13.8 Å². The molecular weight excluding hydrogens is 230 g/mol. The number of nitrogens with one attached hydrogen (secondary N) is 1. The minimum atomic E-state index is -0.169. The average Bonchev–Trinajstić information content (AvgIpc) is 2.85. The minimum absolute atomic E-state index is 0.169. The molecule has 1 amide bonds. The third-order valence-corrected chi connectivity index (χ3v) is 3.24. The van der Waals surface area contributed by atoms with Crippen molar-refractivity contribution in [3.63, 3.8) is 0 Å². The number of carbonyl (C=O) groups excluding carboxylic acids is 1. The summed E-state index contributed by atoms with van der Waals surface area (Å²) in [5, 5.41) is 2.90. The number of rotatable bonds is 4. The molecule has 1 N–H and O–H groups in total. The van der Waals surface area contributed by atoms with Crippen molar-refractivity contribution in [2.24, 2.45) is 11.8 Å². The van der Waals surface area contributed by atoms with Crippen molar-refractivity contribution in [3.05, 3.63) is 24.3 Å². The first-order valence-electron chi connectivity index (χ1n) is 6.34. The van der Waals surface area contributed by atoms with Gasteiger partial charge in [-0.3, -0.25) is 9.78 Å². The number of nitrogens with zero attached hydrogens (tertiary/aromatic N) is 2. The zero-order chi connectivity index (χ0) is 13.0. The quantitative estimate of drug-likeness (QED) is 0.872. The second kappa shape index (κ2) is 5.91. The normalized spacial score (nSPS) is 23.3. The van der Waals surface area contributed by atoms with Gasteiger partial charge in [0, 0.05) is 31.5 Å². The topological polar surface area (TPSA) is 64.1 Å². The van der Waals surface area contributed by atoms with E-state index in [0.717, 1.165) is 13.0 Å². The molecule has 0 radical (unpaired) electrons. The summed E-state index contributed by atoms with van der Waals surface area (Å²) in [5.74, 6) is 0.703. The molecule has 1 aliphatic heterocycles. The summed E-state index contributed by atoms with van der Waals surface area (Å²) < 4.78 is 5.69. The lowest BCUT2D eigenvalue weighted by Gasteiger charge is -2.22. The first kappa shape index (κ1) is 13.0. The lowest BCUT2D eigenvalue weighted by molar-refractivity contribution is 0.0533. The largest absolute Gasteiger partial charge is 0.378 e. The molecule has 0 spiro atoms. The smallest absolute Gasteiger partial charge is 0.271 e. The van der Waals surface area contributed by atoms with Crippen LogP contribution in [0.4, 0.5) is 0 Å². The Morgan fingerprint density at radius 2 is 2.39 bits per heavy atom. The van der Waals surface area contributed by atoms with Crippen LogP contribution < -0.4 is 5.32 Å². The highest BCUT2D eigenvalue weighted by atomic mass is 16.5. The molecule has 1 saturated heterocycles. The van der Waals surface area contributed by atoms with E-state index in [0.29, 0.717) is 24.1 Å². The van der Waals surface area contributed by atoms with E-state index in [9.17, 15) is 4.79 Å². The van der Waals surface area contributed by atoms with Gasteiger partial charge < -0.3 is 10.1 Å². The number of ether oxygens (including phenoxy) is 1. The van der Waals surface area contributed by atoms with Crippen molar-refractivity contribution < 1.29 is 9.53 Å². The van der Waals surface area contributed by atoms with Crippen molar-refractivity contribution in [3.8, 4) is 0 Å². The molecule has 0 unspecified atom stereocenters. The molecule has 2 rings (SSSR count). The number of hydrogen-bond acceptors (Lipinski definition) is 4. The first-order chi connectivity index (χ1) is 8.68. The molecule has 2 heterocycles. The Kier molecular flexibility index (Phi) is 4.25. The van der Waals surface area contributed by atoms with Gasteiger partial charge in [0.1, 0.15) is 5.69 Å². The van der Waals surface area contributed by atoms with Gasteiger partial charge in [0.15, 0.2) is 0 Å². The van der Waals surface area contributed by atoms with Crippen LogP contribution in [0.5, 0.6) is 0 Å². The van der Waals surface area contributed by atoms with E-state index in [1.54, 1.807) is 6.20 Å². The fourth-order valence-electron chi connectivity index (χ4n) is 2.34. The third-order valence-electron chi connectivity index (χ3n) is 3.24. The predicted molar refractivity (Wildman–Crippen MR) is 67.1 cm³/mol. The van der Waals surface area contributed by atoms with E-state index in [4.69, 9.17) is 4.74 Å². The maximum Gasteiger partial charge on any atom is 0.271 e. The molecule has 0 aliphatic carbocycles. The van der Waals surface area contributed by atoms with Crippen LogP contribution in [0.1, 0.15) is 30.8 Å². The summed E-state index contributed by atoms with van der Waals surface area (Å²) in [4.78, 5) is 19.7. The van der Waals surface area contributed by atoms with Crippen LogP contribution in [-0.4, -0.2) is 35.1 Å². The molecule has 1 fully saturated rings. The Bertz CT molecular complexity index is 394. The second-order valence-corrected chi connectivity index (χ2v) is 4.93. The number of amides is 1. The van der Waals surface area contributed by atoms with Gasteiger partial charge >= 0.3 is 0 Å². The average molecular weight is 249 g/mol. The van der Waals surface area contributed by atoms with E-state index < -0.39 is 0 Å². The highest BCUT2D eigenvalue weighted by Gasteiger charge is 2.30. The van der Waals surface area contributed by atoms with Gasteiger partial charge in [-0.2, -0.15) is 0 Å². The number of hydrogen-bond donors (Lipinski definition) is 1. The van der Waals surface area contributed by atoms with Crippen molar-refractivity contribution in [1.29, 1.82) is 0 Å². The van der Waals surface area contributed by atoms with Crippen molar-refractivity contribution in [1.82, 2.24) is 15.3 Å². The molecule has 2 atom stereocenters. The minimum Gasteiger partial charge on any atom is -0.378 e. The molecule has 0 bridgehead atoms. The van der Waals surface area contributed by atoms with Gasteiger partial charge in [-0.15, -0.1) is 0 Å². The molecule has 18 heavy (non-hydrogen) atoms. The van der Waals surface area contributed by atoms with Crippen LogP contribution in [0.15, 0.2) is 18.6 Å². The maximum absolute atomic E-state index is 11.8. The molecule has 5 nitrogen and oxygen atoms in total. The maximum atomic E-state index is 11.8. The fourth-order valence-corrected chi connectivity index (χ4v) is 2.34. The molecular formula is C13H19N3O2. The third kappa shape index (κ3) is 3.04. The predicted octanol–water partition coefficient (Wildman–Crippen LogP) is 1.27. The van der Waals surface area contributed by atoms with Gasteiger partial charge in [-0.25, -0.2) is 4.98 Å². The molecule has 98 valence electrons. The highest BCUT2D eigenvalue weighted by Crippen LogP contribution is 2.26. The number of aromatic nitrogens is 2. The molecule has 1 aromatic heterocycles. The molecule has 0 saturated carbocycles. The molecule has 0 aromatic carbocycles. The van der Waals surface area contributed by atoms with Crippen LogP contribution in [0.2, 0.25) is 0 Å². The van der Waals surface area contributed by atoms with Gasteiger partial charge in [-0.05, 0) is 12.3 Å². The Hall–Kier alpha value is -1.49. The summed E-state index contributed by atoms with van der Waals surface area (Å²) in [6.45, 7) is 5.72. The van der Waals surface area contributed by atoms with Crippen molar-refractivity contribution in [2.45, 2.75) is 26.4 Å².